The van der Waals surface area contributed by atoms with Gasteiger partial charge in [-0.15, -0.1) is 0 Å². The molecule has 3 fully saturated rings. The minimum atomic E-state index is -3.03. The second-order valence-electron chi connectivity index (χ2n) is 8.14. The molecule has 1 saturated carbocycles. The third-order valence-corrected chi connectivity index (χ3v) is 8.53. The van der Waals surface area contributed by atoms with E-state index in [0.29, 0.717) is 36.8 Å². The molecule has 11 heteroatoms. The predicted molar refractivity (Wildman–Crippen MR) is 105 cm³/mol. The van der Waals surface area contributed by atoms with Crippen molar-refractivity contribution in [3.63, 3.8) is 0 Å². The number of alkyl halides is 2. The summed E-state index contributed by atoms with van der Waals surface area (Å²) in [7, 11) is -2.82. The van der Waals surface area contributed by atoms with Crippen LogP contribution in [-0.4, -0.2) is 55.8 Å². The molecule has 1 spiro atoms. The van der Waals surface area contributed by atoms with Crippen molar-refractivity contribution in [3.05, 3.63) is 17.4 Å². The van der Waals surface area contributed by atoms with Gasteiger partial charge in [-0.05, 0) is 25.7 Å². The lowest BCUT2D eigenvalue weighted by Gasteiger charge is -2.44. The number of amides is 1. The molecule has 160 valence electrons. The van der Waals surface area contributed by atoms with E-state index in [2.05, 4.69) is 19.6 Å². The number of hydrogen-bond acceptors (Lipinski definition) is 6. The van der Waals surface area contributed by atoms with E-state index < -0.39 is 39.0 Å². The van der Waals surface area contributed by atoms with Crippen LogP contribution in [0.15, 0.2) is 16.8 Å². The minimum Gasteiger partial charge on any atom is -0.375 e. The van der Waals surface area contributed by atoms with E-state index in [4.69, 9.17) is 16.3 Å². The second-order valence-corrected chi connectivity index (χ2v) is 11.1. The molecule has 2 aliphatic heterocycles. The summed E-state index contributed by atoms with van der Waals surface area (Å²) in [5.74, 6) is -5.56. The molecule has 1 aromatic heterocycles. The summed E-state index contributed by atoms with van der Waals surface area (Å²) >= 11 is 5.81. The third-order valence-electron chi connectivity index (χ3n) is 6.13. The van der Waals surface area contributed by atoms with E-state index in [-0.39, 0.29) is 17.5 Å². The summed E-state index contributed by atoms with van der Waals surface area (Å²) in [6, 6.07) is 0.0867. The van der Waals surface area contributed by atoms with Crippen molar-refractivity contribution in [2.24, 2.45) is 16.2 Å². The van der Waals surface area contributed by atoms with E-state index >= 15 is 0 Å². The molecule has 29 heavy (non-hydrogen) atoms. The van der Waals surface area contributed by atoms with Gasteiger partial charge < -0.3 is 10.1 Å². The highest BCUT2D eigenvalue weighted by Crippen LogP contribution is 2.55. The minimum absolute atomic E-state index is 0.0867. The molecule has 7 nitrogen and oxygen atoms in total. The van der Waals surface area contributed by atoms with Crippen LogP contribution in [0.3, 0.4) is 0 Å². The molecule has 3 heterocycles. The molecule has 0 radical (unpaired) electrons. The Hall–Kier alpha value is -1.39. The van der Waals surface area contributed by atoms with Crippen molar-refractivity contribution in [1.29, 1.82) is 0 Å². The van der Waals surface area contributed by atoms with Crippen molar-refractivity contribution in [3.8, 4) is 0 Å². The maximum absolute atomic E-state index is 13.4. The molecule has 0 aromatic carbocycles. The largest absolute Gasteiger partial charge is 0.375 e. The number of nitrogens with zero attached hydrogens (tertiary/aromatic N) is 3. The first-order valence-electron chi connectivity index (χ1n) is 9.65. The number of hydrogen-bond donors (Lipinski definition) is 1. The van der Waals surface area contributed by atoms with Gasteiger partial charge in [0, 0.05) is 30.1 Å². The van der Waals surface area contributed by atoms with Crippen LogP contribution >= 0.6 is 11.6 Å². The fraction of sp³-hybridized carbons (Fsp3) is 0.722. The van der Waals surface area contributed by atoms with Gasteiger partial charge >= 0.3 is 0 Å². The number of rotatable bonds is 3. The number of nitrogens with one attached hydrogen (secondary N) is 1. The Bertz CT molecular complexity index is 906. The number of carbonyl (C=O) groups excluding carboxylic acids is 1. The molecule has 4 rings (SSSR count). The number of halogens is 3. The standard InChI is InChI=1S/C18H23ClF2N4O3S/c1-11-14(18(11,20)21)15(26)25-29(27)6-3-17(4-7-29)8-13(2-5-28-17)24-16-22-9-12(19)10-23-16/h9-11,13-14H,2-8H2,1H3,(H,22,23,24)/t11-,13?,14+,17?,29?/m1/s1. The van der Waals surface area contributed by atoms with Gasteiger partial charge in [-0.2, -0.15) is 4.36 Å². The zero-order valence-electron chi connectivity index (χ0n) is 15.9. The van der Waals surface area contributed by atoms with E-state index in [1.807, 2.05) is 0 Å². The summed E-state index contributed by atoms with van der Waals surface area (Å²) in [4.78, 5) is 20.4. The van der Waals surface area contributed by atoms with Gasteiger partial charge in [-0.3, -0.25) is 4.79 Å². The van der Waals surface area contributed by atoms with Gasteiger partial charge in [0.2, 0.25) is 5.95 Å². The molecule has 3 aliphatic rings. The van der Waals surface area contributed by atoms with E-state index in [1.165, 1.54) is 19.3 Å². The topological polar surface area (TPSA) is 93.5 Å². The highest BCUT2D eigenvalue weighted by Gasteiger charge is 2.69. The number of carbonyl (C=O) groups is 1. The molecule has 1 aromatic rings. The number of aromatic nitrogens is 2. The average molecular weight is 449 g/mol. The Morgan fingerprint density at radius 2 is 1.97 bits per heavy atom. The second kappa shape index (κ2) is 7.39. The van der Waals surface area contributed by atoms with Crippen LogP contribution in [0.1, 0.15) is 32.6 Å². The van der Waals surface area contributed by atoms with Gasteiger partial charge in [-0.1, -0.05) is 18.5 Å². The zero-order chi connectivity index (χ0) is 20.9. The maximum atomic E-state index is 13.4. The molecule has 1 N–H and O–H groups in total. The summed E-state index contributed by atoms with van der Waals surface area (Å²) in [5, 5.41) is 3.73. The third kappa shape index (κ3) is 4.25. The number of anilines is 1. The summed E-state index contributed by atoms with van der Waals surface area (Å²) < 4.78 is 49.6. The van der Waals surface area contributed by atoms with Crippen molar-refractivity contribution in [2.45, 2.75) is 50.2 Å². The Morgan fingerprint density at radius 3 is 2.55 bits per heavy atom. The van der Waals surface area contributed by atoms with Crippen LogP contribution < -0.4 is 5.32 Å². The lowest BCUT2D eigenvalue weighted by molar-refractivity contribution is -0.120. The molecule has 1 unspecified atom stereocenters. The summed E-state index contributed by atoms with van der Waals surface area (Å²) in [5.41, 5.74) is -0.460. The van der Waals surface area contributed by atoms with Crippen LogP contribution in [0.25, 0.3) is 0 Å². The molecular formula is C18H23ClF2N4O3S. The molecule has 1 amide bonds. The van der Waals surface area contributed by atoms with Crippen molar-refractivity contribution in [2.75, 3.05) is 23.4 Å². The molecule has 0 bridgehead atoms. The fourth-order valence-electron chi connectivity index (χ4n) is 4.16. The van der Waals surface area contributed by atoms with Crippen LogP contribution in [0.2, 0.25) is 5.02 Å². The maximum Gasteiger partial charge on any atom is 0.263 e. The fourth-order valence-corrected chi connectivity index (χ4v) is 6.46. The Morgan fingerprint density at radius 1 is 1.34 bits per heavy atom. The van der Waals surface area contributed by atoms with E-state index in [0.717, 1.165) is 6.42 Å². The average Bonchev–Trinajstić information content (AvgIpc) is 3.18. The van der Waals surface area contributed by atoms with Crippen LogP contribution in [0, 0.1) is 11.8 Å². The van der Waals surface area contributed by atoms with Gasteiger partial charge in [0.15, 0.2) is 0 Å². The van der Waals surface area contributed by atoms with Gasteiger partial charge in [0.05, 0.1) is 32.7 Å². The van der Waals surface area contributed by atoms with Crippen molar-refractivity contribution >= 4 is 33.2 Å². The predicted octanol–water partition coefficient (Wildman–Crippen LogP) is 3.15. The first kappa shape index (κ1) is 20.9. The van der Waals surface area contributed by atoms with Gasteiger partial charge in [0.1, 0.15) is 5.92 Å². The first-order valence-corrected chi connectivity index (χ1v) is 11.9. The highest BCUT2D eigenvalue weighted by molar-refractivity contribution is 7.93. The molecule has 3 atom stereocenters. The number of ether oxygens (including phenoxy) is 1. The first-order chi connectivity index (χ1) is 13.6. The monoisotopic (exact) mass is 448 g/mol. The summed E-state index contributed by atoms with van der Waals surface area (Å²) in [6.07, 6.45) is 5.44. The Labute approximate surface area is 173 Å². The van der Waals surface area contributed by atoms with E-state index in [9.17, 15) is 17.8 Å². The van der Waals surface area contributed by atoms with Gasteiger partial charge in [0.25, 0.3) is 11.8 Å². The van der Waals surface area contributed by atoms with Crippen molar-refractivity contribution in [1.82, 2.24) is 9.97 Å². The summed E-state index contributed by atoms with van der Waals surface area (Å²) in [6.45, 7) is 1.85. The zero-order valence-corrected chi connectivity index (χ0v) is 17.5. The van der Waals surface area contributed by atoms with Crippen molar-refractivity contribution < 1.29 is 22.5 Å². The van der Waals surface area contributed by atoms with Crippen LogP contribution in [0.4, 0.5) is 14.7 Å². The quantitative estimate of drug-likeness (QED) is 0.763. The molecular weight excluding hydrogens is 426 g/mol. The lowest BCUT2D eigenvalue weighted by atomic mass is 9.85. The Balaban J connectivity index is 1.39. The molecule has 1 aliphatic carbocycles. The highest BCUT2D eigenvalue weighted by atomic mass is 35.5. The van der Waals surface area contributed by atoms with Gasteiger partial charge in [-0.25, -0.2) is 23.0 Å². The lowest BCUT2D eigenvalue weighted by Crippen LogP contribution is -2.49. The molecule has 2 saturated heterocycles. The smallest absolute Gasteiger partial charge is 0.263 e. The van der Waals surface area contributed by atoms with E-state index in [1.54, 1.807) is 0 Å². The SMILES string of the molecule is C[C@@H]1[C@@H](C(=O)N=S2(=O)CCC3(CC2)CC(Nc2ncc(Cl)cn2)CCO3)C1(F)F. The Kier molecular flexibility index (Phi) is 5.31. The normalized spacial score (nSPS) is 35.1. The van der Waals surface area contributed by atoms with Crippen LogP contribution in [0.5, 0.6) is 0 Å². The van der Waals surface area contributed by atoms with Crippen LogP contribution in [-0.2, 0) is 19.3 Å².